The molecule has 0 bridgehead atoms. The zero-order valence-corrected chi connectivity index (χ0v) is 17.7. The predicted octanol–water partition coefficient (Wildman–Crippen LogP) is 2.01. The first-order valence-electron chi connectivity index (χ1n) is 9.82. The third-order valence-corrected chi connectivity index (χ3v) is 4.03. The first-order chi connectivity index (χ1) is 14.5. The van der Waals surface area contributed by atoms with E-state index in [0.717, 1.165) is 5.56 Å². The standard InChI is InChI=1S/C21H26N2O8/c1-21(2,3)30-19(27)15(22-20(28)29-13-14-7-5-4-6-8-14)9-12-18(26)31-23-16(24)10-11-17(23)25/h4-8,15H,9-13H2,1-3H3,(H,22,28)/t15-/m0/s1. The number of imide groups is 1. The zero-order chi connectivity index (χ0) is 23.0. The zero-order valence-electron chi connectivity index (χ0n) is 17.7. The van der Waals surface area contributed by atoms with Crippen LogP contribution in [0.3, 0.4) is 0 Å². The van der Waals surface area contributed by atoms with Gasteiger partial charge in [0.1, 0.15) is 18.2 Å². The normalized spacial score (nSPS) is 14.7. The van der Waals surface area contributed by atoms with Gasteiger partial charge in [-0.3, -0.25) is 9.59 Å². The molecule has 1 N–H and O–H groups in total. The summed E-state index contributed by atoms with van der Waals surface area (Å²) in [7, 11) is 0. The number of nitrogens with one attached hydrogen (secondary N) is 1. The average Bonchev–Trinajstić information content (AvgIpc) is 3.01. The van der Waals surface area contributed by atoms with Gasteiger partial charge in [-0.1, -0.05) is 30.3 Å². The van der Waals surface area contributed by atoms with Crippen molar-refractivity contribution < 1.29 is 38.3 Å². The van der Waals surface area contributed by atoms with E-state index in [0.29, 0.717) is 5.06 Å². The van der Waals surface area contributed by atoms with Crippen molar-refractivity contribution in [3.63, 3.8) is 0 Å². The second kappa shape index (κ2) is 10.6. The molecule has 2 rings (SSSR count). The van der Waals surface area contributed by atoms with Crippen molar-refractivity contribution in [2.45, 2.75) is 64.7 Å². The van der Waals surface area contributed by atoms with Crippen molar-refractivity contribution in [2.75, 3.05) is 0 Å². The minimum absolute atomic E-state index is 0.00502. The molecule has 10 nitrogen and oxygen atoms in total. The molecule has 168 valence electrons. The molecule has 1 heterocycles. The minimum atomic E-state index is -1.19. The Morgan fingerprint density at radius 1 is 1.06 bits per heavy atom. The number of carbonyl (C=O) groups is 5. The Kier molecular flexibility index (Phi) is 8.12. The fraction of sp³-hybridized carbons (Fsp3) is 0.476. The van der Waals surface area contributed by atoms with Gasteiger partial charge in [0.2, 0.25) is 0 Å². The summed E-state index contributed by atoms with van der Waals surface area (Å²) >= 11 is 0. The van der Waals surface area contributed by atoms with Gasteiger partial charge in [-0.2, -0.15) is 0 Å². The fourth-order valence-electron chi connectivity index (χ4n) is 2.60. The number of hydrogen-bond acceptors (Lipinski definition) is 8. The van der Waals surface area contributed by atoms with Crippen molar-refractivity contribution in [3.05, 3.63) is 35.9 Å². The highest BCUT2D eigenvalue weighted by Crippen LogP contribution is 2.15. The number of ether oxygens (including phenoxy) is 2. The number of hydroxylamine groups is 2. The van der Waals surface area contributed by atoms with Gasteiger partial charge in [0.25, 0.3) is 11.8 Å². The van der Waals surface area contributed by atoms with Gasteiger partial charge in [-0.25, -0.2) is 14.4 Å². The molecule has 0 unspecified atom stereocenters. The summed E-state index contributed by atoms with van der Waals surface area (Å²) in [6, 6.07) is 7.76. The van der Waals surface area contributed by atoms with Crippen LogP contribution in [0.4, 0.5) is 4.79 Å². The van der Waals surface area contributed by atoms with Gasteiger partial charge in [0, 0.05) is 12.8 Å². The molecule has 10 heteroatoms. The lowest BCUT2D eigenvalue weighted by atomic mass is 10.1. The molecule has 3 amide bonds. The number of rotatable bonds is 8. The summed E-state index contributed by atoms with van der Waals surface area (Å²) in [5.41, 5.74) is -0.0603. The smallest absolute Gasteiger partial charge is 0.408 e. The number of alkyl carbamates (subject to hydrolysis) is 1. The Balaban J connectivity index is 1.93. The van der Waals surface area contributed by atoms with Crippen LogP contribution in [0.5, 0.6) is 0 Å². The van der Waals surface area contributed by atoms with Gasteiger partial charge in [-0.05, 0) is 32.8 Å². The first-order valence-corrected chi connectivity index (χ1v) is 9.82. The molecule has 0 aromatic heterocycles. The molecule has 0 saturated carbocycles. The van der Waals surface area contributed by atoms with Crippen molar-refractivity contribution in [1.29, 1.82) is 0 Å². The Hall–Kier alpha value is -3.43. The SMILES string of the molecule is CC(C)(C)OC(=O)[C@H](CCC(=O)ON1C(=O)CCC1=O)NC(=O)OCc1ccccc1. The van der Waals surface area contributed by atoms with Crippen LogP contribution in [0, 0.1) is 0 Å². The molecule has 0 spiro atoms. The molecule has 1 aromatic rings. The van der Waals surface area contributed by atoms with Crippen LogP contribution in [0.2, 0.25) is 0 Å². The molecular formula is C21H26N2O8. The Morgan fingerprint density at radius 3 is 2.26 bits per heavy atom. The highest BCUT2D eigenvalue weighted by atomic mass is 16.7. The highest BCUT2D eigenvalue weighted by molar-refractivity contribution is 6.01. The van der Waals surface area contributed by atoms with Crippen LogP contribution in [-0.4, -0.2) is 46.6 Å². The molecule has 1 atom stereocenters. The molecular weight excluding hydrogens is 408 g/mol. The second-order valence-corrected chi connectivity index (χ2v) is 7.88. The van der Waals surface area contributed by atoms with Crippen molar-refractivity contribution in [3.8, 4) is 0 Å². The summed E-state index contributed by atoms with van der Waals surface area (Å²) in [5, 5.41) is 2.81. The largest absolute Gasteiger partial charge is 0.458 e. The molecule has 1 saturated heterocycles. The quantitative estimate of drug-likeness (QED) is 0.486. The van der Waals surface area contributed by atoms with Gasteiger partial charge < -0.3 is 19.6 Å². The Bertz CT molecular complexity index is 816. The van der Waals surface area contributed by atoms with Crippen LogP contribution in [-0.2, 0) is 40.1 Å². The van der Waals surface area contributed by atoms with Gasteiger partial charge >= 0.3 is 18.0 Å². The maximum atomic E-state index is 12.5. The van der Waals surface area contributed by atoms with E-state index in [1.807, 2.05) is 6.07 Å². The number of amides is 3. The minimum Gasteiger partial charge on any atom is -0.458 e. The summed E-state index contributed by atoms with van der Waals surface area (Å²) in [4.78, 5) is 64.5. The number of carbonyl (C=O) groups excluding carboxylic acids is 5. The van der Waals surface area contributed by atoms with E-state index in [4.69, 9.17) is 14.3 Å². The van der Waals surface area contributed by atoms with Crippen LogP contribution in [0.1, 0.15) is 52.0 Å². The molecule has 1 fully saturated rings. The lowest BCUT2D eigenvalue weighted by molar-refractivity contribution is -0.197. The number of benzene rings is 1. The van der Waals surface area contributed by atoms with Crippen molar-refractivity contribution in [1.82, 2.24) is 10.4 Å². The van der Waals surface area contributed by atoms with Crippen LogP contribution in [0.25, 0.3) is 0 Å². The average molecular weight is 434 g/mol. The molecule has 0 aliphatic carbocycles. The number of hydrogen-bond donors (Lipinski definition) is 1. The monoisotopic (exact) mass is 434 g/mol. The number of nitrogens with zero attached hydrogens (tertiary/aromatic N) is 1. The van der Waals surface area contributed by atoms with E-state index in [-0.39, 0.29) is 32.3 Å². The topological polar surface area (TPSA) is 128 Å². The van der Waals surface area contributed by atoms with Crippen LogP contribution in [0.15, 0.2) is 30.3 Å². The lowest BCUT2D eigenvalue weighted by Crippen LogP contribution is -2.44. The molecule has 1 aromatic carbocycles. The van der Waals surface area contributed by atoms with E-state index in [1.165, 1.54) is 0 Å². The van der Waals surface area contributed by atoms with E-state index in [1.54, 1.807) is 45.0 Å². The van der Waals surface area contributed by atoms with Gasteiger partial charge in [0.05, 0.1) is 6.42 Å². The molecule has 1 aliphatic heterocycles. The molecule has 31 heavy (non-hydrogen) atoms. The summed E-state index contributed by atoms with van der Waals surface area (Å²) in [6.07, 6.45) is -1.44. The van der Waals surface area contributed by atoms with Gasteiger partial charge in [0.15, 0.2) is 0 Å². The first kappa shape index (κ1) is 23.8. The third kappa shape index (κ3) is 8.07. The van der Waals surface area contributed by atoms with E-state index in [2.05, 4.69) is 5.32 Å². The maximum Gasteiger partial charge on any atom is 0.408 e. The molecule has 0 radical (unpaired) electrons. The summed E-state index contributed by atoms with van der Waals surface area (Å²) < 4.78 is 10.4. The van der Waals surface area contributed by atoms with Crippen molar-refractivity contribution in [2.24, 2.45) is 0 Å². The summed E-state index contributed by atoms with van der Waals surface area (Å²) in [5.74, 6) is -2.86. The predicted molar refractivity (Wildman–Crippen MR) is 106 cm³/mol. The molecule has 1 aliphatic rings. The lowest BCUT2D eigenvalue weighted by Gasteiger charge is -2.24. The summed E-state index contributed by atoms with van der Waals surface area (Å²) in [6.45, 7) is 4.98. The third-order valence-electron chi connectivity index (χ3n) is 4.03. The Morgan fingerprint density at radius 2 is 1.68 bits per heavy atom. The van der Waals surface area contributed by atoms with E-state index < -0.39 is 41.5 Å². The fourth-order valence-corrected chi connectivity index (χ4v) is 2.60. The second-order valence-electron chi connectivity index (χ2n) is 7.88. The van der Waals surface area contributed by atoms with Gasteiger partial charge in [-0.15, -0.1) is 5.06 Å². The maximum absolute atomic E-state index is 12.5. The van der Waals surface area contributed by atoms with Crippen LogP contribution >= 0.6 is 0 Å². The highest BCUT2D eigenvalue weighted by Gasteiger charge is 2.34. The Labute approximate surface area is 179 Å². The number of esters is 1. The van der Waals surface area contributed by atoms with Crippen LogP contribution < -0.4 is 5.32 Å². The van der Waals surface area contributed by atoms with Crippen molar-refractivity contribution >= 4 is 29.8 Å². The van der Waals surface area contributed by atoms with E-state index >= 15 is 0 Å². The van der Waals surface area contributed by atoms with E-state index in [9.17, 15) is 24.0 Å².